The quantitative estimate of drug-likeness (QED) is 0.369. The molecule has 6 nitrogen and oxygen atoms in total. The highest BCUT2D eigenvalue weighted by molar-refractivity contribution is 6.35. The molecule has 0 radical (unpaired) electrons. The van der Waals surface area contributed by atoms with E-state index in [2.05, 4.69) is 11.2 Å². The number of hydrogen-bond acceptors (Lipinski definition) is 5. The van der Waals surface area contributed by atoms with Gasteiger partial charge in [-0.2, -0.15) is 5.26 Å². The fraction of sp³-hybridized carbons (Fsp3) is 0.609. The van der Waals surface area contributed by atoms with Crippen molar-refractivity contribution in [3.05, 3.63) is 32.7 Å². The van der Waals surface area contributed by atoms with Crippen LogP contribution < -0.4 is 4.74 Å². The average molecular weight is 431 g/mol. The highest BCUT2D eigenvalue weighted by atomic mass is 35.5. The lowest BCUT2D eigenvalue weighted by Crippen LogP contribution is -2.35. The van der Waals surface area contributed by atoms with Gasteiger partial charge in [0.1, 0.15) is 5.75 Å². The maximum absolute atomic E-state index is 13.7. The molecule has 1 fully saturated rings. The normalized spacial score (nSPS) is 20.8. The van der Waals surface area contributed by atoms with Crippen molar-refractivity contribution in [2.24, 2.45) is 16.5 Å². The molecular formula is C23H27ClN2O4. The number of nitroso groups, excluding NO2 is 1. The van der Waals surface area contributed by atoms with Gasteiger partial charge in [-0.25, -0.2) is 0 Å². The van der Waals surface area contributed by atoms with Crippen molar-refractivity contribution in [3.8, 4) is 11.8 Å². The molecule has 1 aromatic rings. The van der Waals surface area contributed by atoms with Gasteiger partial charge >= 0.3 is 0 Å². The van der Waals surface area contributed by atoms with Gasteiger partial charge in [0, 0.05) is 34.6 Å². The first-order valence-electron chi connectivity index (χ1n) is 10.7. The molecule has 7 heteroatoms. The van der Waals surface area contributed by atoms with E-state index in [9.17, 15) is 14.5 Å². The van der Waals surface area contributed by atoms with Crippen LogP contribution in [-0.2, 0) is 11.2 Å². The van der Waals surface area contributed by atoms with E-state index in [1.165, 1.54) is 0 Å². The van der Waals surface area contributed by atoms with Gasteiger partial charge in [-0.3, -0.25) is 9.59 Å². The van der Waals surface area contributed by atoms with E-state index in [-0.39, 0.29) is 18.8 Å². The predicted molar refractivity (Wildman–Crippen MR) is 114 cm³/mol. The van der Waals surface area contributed by atoms with Crippen LogP contribution in [-0.4, -0.2) is 18.3 Å². The Morgan fingerprint density at radius 1 is 1.37 bits per heavy atom. The fourth-order valence-electron chi connectivity index (χ4n) is 5.13. The summed E-state index contributed by atoms with van der Waals surface area (Å²) < 4.78 is 5.83. The SMILES string of the molecule is Cc1c(OCCCC(=O)N=O)cc2c(c1Cl)C(=O)C(CCCC#N)(C1CCCC1)C2. The molecule has 0 spiro atoms. The molecule has 0 N–H and O–H groups in total. The van der Waals surface area contributed by atoms with Crippen molar-refractivity contribution in [1.29, 1.82) is 5.26 Å². The van der Waals surface area contributed by atoms with Gasteiger partial charge in [0.2, 0.25) is 0 Å². The van der Waals surface area contributed by atoms with Gasteiger partial charge in [0.05, 0.1) is 17.7 Å². The summed E-state index contributed by atoms with van der Waals surface area (Å²) in [5.41, 5.74) is 1.78. The molecule has 0 aliphatic heterocycles. The number of nitrogens with zero attached hydrogens (tertiary/aromatic N) is 2. The first kappa shape index (κ1) is 22.4. The number of rotatable bonds is 9. The number of fused-ring (bicyclic) bond motifs is 1. The minimum atomic E-state index is -0.688. The summed E-state index contributed by atoms with van der Waals surface area (Å²) >= 11 is 6.66. The molecular weight excluding hydrogens is 404 g/mol. The zero-order chi connectivity index (χ0) is 21.7. The zero-order valence-corrected chi connectivity index (χ0v) is 18.1. The van der Waals surface area contributed by atoms with Crippen molar-refractivity contribution in [1.82, 2.24) is 0 Å². The summed E-state index contributed by atoms with van der Waals surface area (Å²) in [6.45, 7) is 2.09. The van der Waals surface area contributed by atoms with Crippen LogP contribution in [0.3, 0.4) is 0 Å². The molecule has 0 bridgehead atoms. The lowest BCUT2D eigenvalue weighted by atomic mass is 9.68. The number of nitriles is 1. The summed E-state index contributed by atoms with van der Waals surface area (Å²) in [5.74, 6) is 0.382. The van der Waals surface area contributed by atoms with E-state index in [4.69, 9.17) is 21.6 Å². The van der Waals surface area contributed by atoms with Crippen LogP contribution >= 0.6 is 11.6 Å². The lowest BCUT2D eigenvalue weighted by Gasteiger charge is -2.34. The number of amides is 1. The fourth-order valence-corrected chi connectivity index (χ4v) is 5.43. The van der Waals surface area contributed by atoms with Crippen molar-refractivity contribution in [2.45, 2.75) is 71.1 Å². The molecule has 0 heterocycles. The van der Waals surface area contributed by atoms with Crippen LogP contribution in [0.25, 0.3) is 0 Å². The number of hydrogen-bond donors (Lipinski definition) is 0. The van der Waals surface area contributed by atoms with E-state index < -0.39 is 11.3 Å². The van der Waals surface area contributed by atoms with Gasteiger partial charge in [-0.1, -0.05) is 24.4 Å². The molecule has 30 heavy (non-hydrogen) atoms. The van der Waals surface area contributed by atoms with Crippen molar-refractivity contribution >= 4 is 23.3 Å². The van der Waals surface area contributed by atoms with Gasteiger partial charge in [0.25, 0.3) is 5.91 Å². The van der Waals surface area contributed by atoms with E-state index in [0.29, 0.717) is 59.9 Å². The molecule has 0 saturated heterocycles. The Morgan fingerprint density at radius 3 is 2.77 bits per heavy atom. The monoisotopic (exact) mass is 430 g/mol. The number of carbonyl (C=O) groups is 2. The largest absolute Gasteiger partial charge is 0.493 e. The van der Waals surface area contributed by atoms with Crippen LogP contribution in [0.5, 0.6) is 5.75 Å². The number of benzene rings is 1. The zero-order valence-electron chi connectivity index (χ0n) is 17.3. The molecule has 3 rings (SSSR count). The Kier molecular flexibility index (Phi) is 7.25. The molecule has 1 saturated carbocycles. The van der Waals surface area contributed by atoms with Gasteiger partial charge in [0.15, 0.2) is 5.78 Å². The molecule has 0 aromatic heterocycles. The second kappa shape index (κ2) is 9.70. The summed E-state index contributed by atoms with van der Waals surface area (Å²) in [7, 11) is 0. The number of ether oxygens (including phenoxy) is 1. The summed E-state index contributed by atoms with van der Waals surface area (Å²) in [4.78, 5) is 34.9. The molecule has 1 atom stereocenters. The van der Waals surface area contributed by atoms with Gasteiger partial charge in [-0.15, -0.1) is 4.91 Å². The van der Waals surface area contributed by atoms with Crippen LogP contribution in [0.1, 0.15) is 79.3 Å². The van der Waals surface area contributed by atoms with Crippen LogP contribution in [0, 0.1) is 34.5 Å². The Hall–Kier alpha value is -2.26. The van der Waals surface area contributed by atoms with Crippen molar-refractivity contribution in [2.75, 3.05) is 6.61 Å². The van der Waals surface area contributed by atoms with E-state index in [1.54, 1.807) is 0 Å². The van der Waals surface area contributed by atoms with E-state index in [0.717, 1.165) is 31.2 Å². The molecule has 1 unspecified atom stereocenters. The predicted octanol–water partition coefficient (Wildman–Crippen LogP) is 5.71. The standard InChI is InChI=1S/C23H27ClN2O4/c1-15-18(30-12-6-9-19(27)26-29)13-16-14-23(10-4-5-11-25,17-7-2-3-8-17)22(28)20(16)21(15)24/h13,17H,2-10,12,14H2,1H3. The number of ketones is 1. The maximum Gasteiger partial charge on any atom is 0.286 e. The topological polar surface area (TPSA) is 96.6 Å². The Balaban J connectivity index is 1.84. The highest BCUT2D eigenvalue weighted by Crippen LogP contribution is 2.54. The number of unbranched alkanes of at least 4 members (excludes halogenated alkanes) is 1. The third-order valence-electron chi connectivity index (χ3n) is 6.67. The Labute approximate surface area is 181 Å². The third kappa shape index (κ3) is 4.27. The van der Waals surface area contributed by atoms with Gasteiger partial charge < -0.3 is 4.74 Å². The Bertz CT molecular complexity index is 886. The molecule has 2 aliphatic carbocycles. The number of carbonyl (C=O) groups excluding carboxylic acids is 2. The third-order valence-corrected chi connectivity index (χ3v) is 7.14. The molecule has 1 amide bonds. The second-order valence-corrected chi connectivity index (χ2v) is 8.82. The average Bonchev–Trinajstić information content (AvgIpc) is 3.36. The second-order valence-electron chi connectivity index (χ2n) is 8.44. The van der Waals surface area contributed by atoms with Gasteiger partial charge in [-0.05, 0) is 63.0 Å². The summed E-state index contributed by atoms with van der Waals surface area (Å²) in [5, 5.41) is 11.8. The molecule has 1 aromatic carbocycles. The van der Waals surface area contributed by atoms with E-state index >= 15 is 0 Å². The molecule has 160 valence electrons. The Morgan fingerprint density at radius 2 is 2.10 bits per heavy atom. The van der Waals surface area contributed by atoms with Crippen molar-refractivity contribution < 1.29 is 14.3 Å². The first-order chi connectivity index (χ1) is 14.4. The summed E-state index contributed by atoms with van der Waals surface area (Å²) in [6.07, 6.45) is 7.33. The minimum Gasteiger partial charge on any atom is -0.493 e. The van der Waals surface area contributed by atoms with Crippen LogP contribution in [0.2, 0.25) is 5.02 Å². The maximum atomic E-state index is 13.7. The van der Waals surface area contributed by atoms with Crippen LogP contribution in [0.4, 0.5) is 0 Å². The first-order valence-corrected chi connectivity index (χ1v) is 11.0. The number of Topliss-reactive ketones (excluding diaryl/α,β-unsaturated/α-hetero) is 1. The van der Waals surface area contributed by atoms with Crippen molar-refractivity contribution in [3.63, 3.8) is 0 Å². The van der Waals surface area contributed by atoms with Crippen LogP contribution in [0.15, 0.2) is 11.2 Å². The van der Waals surface area contributed by atoms with E-state index in [1.807, 2.05) is 13.0 Å². The molecule has 2 aliphatic rings. The smallest absolute Gasteiger partial charge is 0.286 e. The lowest BCUT2D eigenvalue weighted by molar-refractivity contribution is -0.118. The summed E-state index contributed by atoms with van der Waals surface area (Å²) in [6, 6.07) is 4.11. The highest BCUT2D eigenvalue weighted by Gasteiger charge is 2.51. The minimum absolute atomic E-state index is 0.0450. The number of halogens is 1.